The molecule has 20 heavy (non-hydrogen) atoms. The highest BCUT2D eigenvalue weighted by Gasteiger charge is 2.04. The van der Waals surface area contributed by atoms with Crippen LogP contribution in [0.15, 0.2) is 28.6 Å². The molecule has 0 amide bonds. The number of para-hydroxylation sites is 1. The standard InChI is InChI=1S/C10H9NO2S2.C3H6O2/c12-9(13)5-6-14-10-11-7-3-1-2-4-8(7)15-10;1-2-3(4)5/h1-4H,5-6H2,(H,12,13);2H2,1H3,(H,4,5). The predicted molar refractivity (Wildman–Crippen MR) is 80.5 cm³/mol. The minimum atomic E-state index is -0.761. The van der Waals surface area contributed by atoms with E-state index >= 15 is 0 Å². The lowest BCUT2D eigenvalue weighted by Crippen LogP contribution is -1.95. The lowest BCUT2D eigenvalue weighted by atomic mass is 10.3. The lowest BCUT2D eigenvalue weighted by Gasteiger charge is -1.91. The lowest BCUT2D eigenvalue weighted by molar-refractivity contribution is -0.137. The van der Waals surface area contributed by atoms with Crippen molar-refractivity contribution >= 4 is 45.3 Å². The SMILES string of the molecule is CCC(=O)O.O=C(O)CCSc1nc2ccccc2s1. The van der Waals surface area contributed by atoms with Gasteiger partial charge in [-0.05, 0) is 12.1 Å². The van der Waals surface area contributed by atoms with Gasteiger partial charge in [0.15, 0.2) is 4.34 Å². The summed E-state index contributed by atoms with van der Waals surface area (Å²) in [4.78, 5) is 24.1. The van der Waals surface area contributed by atoms with E-state index in [0.29, 0.717) is 5.75 Å². The van der Waals surface area contributed by atoms with Crippen LogP contribution >= 0.6 is 23.1 Å². The molecule has 0 fully saturated rings. The Hall–Kier alpha value is -1.60. The van der Waals surface area contributed by atoms with Gasteiger partial charge in [0.25, 0.3) is 0 Å². The second-order valence-corrected chi connectivity index (χ2v) is 6.06. The Morgan fingerprint density at radius 2 is 1.90 bits per heavy atom. The fourth-order valence-electron chi connectivity index (χ4n) is 1.14. The molecule has 0 unspecified atom stereocenters. The largest absolute Gasteiger partial charge is 0.481 e. The van der Waals surface area contributed by atoms with E-state index in [0.717, 1.165) is 14.6 Å². The summed E-state index contributed by atoms with van der Waals surface area (Å²) in [6.07, 6.45) is 0.403. The Balaban J connectivity index is 0.000000347. The van der Waals surface area contributed by atoms with E-state index in [1.165, 1.54) is 11.8 Å². The van der Waals surface area contributed by atoms with E-state index in [4.69, 9.17) is 10.2 Å². The van der Waals surface area contributed by atoms with Crippen LogP contribution in [0.4, 0.5) is 0 Å². The van der Waals surface area contributed by atoms with E-state index in [1.54, 1.807) is 18.3 Å². The summed E-state index contributed by atoms with van der Waals surface area (Å²) in [5.41, 5.74) is 0.986. The number of hydrogen-bond acceptors (Lipinski definition) is 5. The molecule has 0 saturated carbocycles. The smallest absolute Gasteiger partial charge is 0.304 e. The molecule has 0 aliphatic heterocycles. The van der Waals surface area contributed by atoms with Gasteiger partial charge in [-0.15, -0.1) is 11.3 Å². The second-order valence-electron chi connectivity index (χ2n) is 3.69. The van der Waals surface area contributed by atoms with Gasteiger partial charge in [0, 0.05) is 12.2 Å². The summed E-state index contributed by atoms with van der Waals surface area (Å²) < 4.78 is 2.09. The highest BCUT2D eigenvalue weighted by Crippen LogP contribution is 2.29. The van der Waals surface area contributed by atoms with Crippen molar-refractivity contribution in [3.8, 4) is 0 Å². The Kier molecular flexibility index (Phi) is 7.03. The number of nitrogens with zero attached hydrogens (tertiary/aromatic N) is 1. The number of rotatable bonds is 5. The maximum atomic E-state index is 10.3. The zero-order chi connectivity index (χ0) is 15.0. The van der Waals surface area contributed by atoms with Crippen LogP contribution < -0.4 is 0 Å². The van der Waals surface area contributed by atoms with Crippen molar-refractivity contribution in [2.24, 2.45) is 0 Å². The number of thioether (sulfide) groups is 1. The molecule has 5 nitrogen and oxygen atoms in total. The maximum absolute atomic E-state index is 10.3. The second kappa shape index (κ2) is 8.55. The average Bonchev–Trinajstić information content (AvgIpc) is 2.81. The number of benzene rings is 1. The molecular formula is C13H15NO4S2. The van der Waals surface area contributed by atoms with Crippen molar-refractivity contribution < 1.29 is 19.8 Å². The van der Waals surface area contributed by atoms with Gasteiger partial charge in [0.05, 0.1) is 16.6 Å². The zero-order valence-corrected chi connectivity index (χ0v) is 12.5. The fourth-order valence-corrected chi connectivity index (χ4v) is 3.20. The molecule has 0 spiro atoms. The monoisotopic (exact) mass is 313 g/mol. The molecule has 0 atom stereocenters. The van der Waals surface area contributed by atoms with Crippen molar-refractivity contribution in [1.82, 2.24) is 4.98 Å². The van der Waals surface area contributed by atoms with Gasteiger partial charge < -0.3 is 10.2 Å². The molecule has 1 aromatic carbocycles. The minimum absolute atomic E-state index is 0.181. The number of carboxylic acid groups (broad SMARTS) is 2. The normalized spacial score (nSPS) is 9.85. The summed E-state index contributed by atoms with van der Waals surface area (Å²) in [5.74, 6) is -0.927. The zero-order valence-electron chi connectivity index (χ0n) is 10.9. The molecule has 108 valence electrons. The summed E-state index contributed by atoms with van der Waals surface area (Å²) in [7, 11) is 0. The highest BCUT2D eigenvalue weighted by atomic mass is 32.2. The van der Waals surface area contributed by atoms with Crippen LogP contribution in [0.3, 0.4) is 0 Å². The topological polar surface area (TPSA) is 87.5 Å². The quantitative estimate of drug-likeness (QED) is 0.823. The van der Waals surface area contributed by atoms with Crippen molar-refractivity contribution in [3.63, 3.8) is 0 Å². The summed E-state index contributed by atoms with van der Waals surface area (Å²) in [5, 5.41) is 16.2. The third-order valence-corrected chi connectivity index (χ3v) is 4.30. The summed E-state index contributed by atoms with van der Waals surface area (Å²) >= 11 is 3.11. The van der Waals surface area contributed by atoms with Gasteiger partial charge in [-0.2, -0.15) is 0 Å². The van der Waals surface area contributed by atoms with Gasteiger partial charge in [0.2, 0.25) is 0 Å². The van der Waals surface area contributed by atoms with E-state index in [1.807, 2.05) is 24.3 Å². The van der Waals surface area contributed by atoms with E-state index in [2.05, 4.69) is 4.98 Å². The molecule has 0 aliphatic rings. The van der Waals surface area contributed by atoms with Crippen LogP contribution in [-0.4, -0.2) is 32.9 Å². The minimum Gasteiger partial charge on any atom is -0.481 e. The van der Waals surface area contributed by atoms with E-state index in [-0.39, 0.29) is 12.8 Å². The average molecular weight is 313 g/mol. The molecule has 7 heteroatoms. The Labute approximate surface area is 124 Å². The van der Waals surface area contributed by atoms with Crippen LogP contribution in [0.1, 0.15) is 19.8 Å². The predicted octanol–water partition coefficient (Wildman–Crippen LogP) is 3.34. The molecule has 0 bridgehead atoms. The fraction of sp³-hybridized carbons (Fsp3) is 0.308. The van der Waals surface area contributed by atoms with Gasteiger partial charge in [0.1, 0.15) is 0 Å². The molecule has 1 aromatic heterocycles. The molecule has 1 heterocycles. The van der Waals surface area contributed by atoms with Crippen molar-refractivity contribution in [2.75, 3.05) is 5.75 Å². The number of aromatic nitrogens is 1. The number of aliphatic carboxylic acids is 2. The van der Waals surface area contributed by atoms with E-state index in [9.17, 15) is 9.59 Å². The first kappa shape index (κ1) is 16.5. The van der Waals surface area contributed by atoms with Crippen molar-refractivity contribution in [3.05, 3.63) is 24.3 Å². The number of fused-ring (bicyclic) bond motifs is 1. The molecule has 2 N–H and O–H groups in total. The van der Waals surface area contributed by atoms with Crippen LogP contribution in [0.2, 0.25) is 0 Å². The number of hydrogen-bond donors (Lipinski definition) is 2. The Bertz CT molecular complexity index is 550. The van der Waals surface area contributed by atoms with Crippen LogP contribution in [-0.2, 0) is 9.59 Å². The molecule has 0 saturated heterocycles. The van der Waals surface area contributed by atoms with Gasteiger partial charge in [-0.25, -0.2) is 4.98 Å². The molecule has 0 aliphatic carbocycles. The van der Waals surface area contributed by atoms with E-state index < -0.39 is 11.9 Å². The molecular weight excluding hydrogens is 298 g/mol. The molecule has 2 rings (SSSR count). The van der Waals surface area contributed by atoms with Crippen molar-refractivity contribution in [2.45, 2.75) is 24.1 Å². The van der Waals surface area contributed by atoms with Crippen LogP contribution in [0, 0.1) is 0 Å². The van der Waals surface area contributed by atoms with Crippen LogP contribution in [0.5, 0.6) is 0 Å². The highest BCUT2D eigenvalue weighted by molar-refractivity contribution is 8.01. The molecule has 0 radical (unpaired) electrons. The molecule has 2 aromatic rings. The number of carboxylic acids is 2. The third-order valence-electron chi connectivity index (χ3n) is 2.12. The van der Waals surface area contributed by atoms with Gasteiger partial charge in [-0.1, -0.05) is 30.8 Å². The Morgan fingerprint density at radius 3 is 2.45 bits per heavy atom. The van der Waals surface area contributed by atoms with Gasteiger partial charge >= 0.3 is 11.9 Å². The summed E-state index contributed by atoms with van der Waals surface area (Å²) in [6, 6.07) is 7.92. The first-order chi connectivity index (χ1) is 9.52. The third kappa shape index (κ3) is 6.03. The first-order valence-electron chi connectivity index (χ1n) is 5.95. The number of thiazole rings is 1. The maximum Gasteiger partial charge on any atom is 0.304 e. The van der Waals surface area contributed by atoms with Crippen LogP contribution in [0.25, 0.3) is 10.2 Å². The van der Waals surface area contributed by atoms with Gasteiger partial charge in [-0.3, -0.25) is 9.59 Å². The first-order valence-corrected chi connectivity index (χ1v) is 7.75. The van der Waals surface area contributed by atoms with Crippen molar-refractivity contribution in [1.29, 1.82) is 0 Å². The Morgan fingerprint density at radius 1 is 1.25 bits per heavy atom. The number of carbonyl (C=O) groups is 2. The summed E-state index contributed by atoms with van der Waals surface area (Å²) in [6.45, 7) is 1.60.